The number of amides is 2. The minimum atomic E-state index is -0.498. The molecule has 1 fully saturated rings. The van der Waals surface area contributed by atoms with Gasteiger partial charge in [0.15, 0.2) is 0 Å². The molecular weight excluding hydrogens is 306 g/mol. The van der Waals surface area contributed by atoms with Gasteiger partial charge in [-0.2, -0.15) is 0 Å². The van der Waals surface area contributed by atoms with Crippen molar-refractivity contribution in [3.63, 3.8) is 0 Å². The van der Waals surface area contributed by atoms with Gasteiger partial charge in [0.2, 0.25) is 11.8 Å². The van der Waals surface area contributed by atoms with Crippen LogP contribution >= 0.6 is 12.4 Å². The standard InChI is InChI=1S/C15H21N3O3.ClH/c16-15(20)11-3-1-5-13(9-11)21-8-6-14(19)18-10-12-4-2-7-17-12;/h1,3,5,9,12,17H,2,4,6-8,10H2,(H2,16,20)(H,18,19);1H. The summed E-state index contributed by atoms with van der Waals surface area (Å²) in [6.07, 6.45) is 2.56. The van der Waals surface area contributed by atoms with Crippen molar-refractivity contribution in [1.82, 2.24) is 10.6 Å². The Morgan fingerprint density at radius 2 is 2.23 bits per heavy atom. The molecule has 1 heterocycles. The lowest BCUT2D eigenvalue weighted by Crippen LogP contribution is -2.37. The van der Waals surface area contributed by atoms with Crippen LogP contribution in [0.4, 0.5) is 0 Å². The Morgan fingerprint density at radius 1 is 1.41 bits per heavy atom. The molecule has 1 aliphatic rings. The quantitative estimate of drug-likeness (QED) is 0.692. The van der Waals surface area contributed by atoms with E-state index in [1.807, 2.05) is 0 Å². The van der Waals surface area contributed by atoms with E-state index in [2.05, 4.69) is 10.6 Å². The van der Waals surface area contributed by atoms with Crippen LogP contribution in [0.25, 0.3) is 0 Å². The van der Waals surface area contributed by atoms with Gasteiger partial charge in [-0.1, -0.05) is 6.07 Å². The number of halogens is 1. The van der Waals surface area contributed by atoms with Gasteiger partial charge in [0.25, 0.3) is 0 Å². The van der Waals surface area contributed by atoms with Crippen LogP contribution in [-0.2, 0) is 4.79 Å². The maximum absolute atomic E-state index is 11.7. The van der Waals surface area contributed by atoms with E-state index in [1.54, 1.807) is 24.3 Å². The summed E-state index contributed by atoms with van der Waals surface area (Å²) in [5.41, 5.74) is 5.59. The second-order valence-electron chi connectivity index (χ2n) is 5.09. The highest BCUT2D eigenvalue weighted by Crippen LogP contribution is 2.13. The Kier molecular flexibility index (Phi) is 7.70. The molecular formula is C15H22ClN3O3. The number of carbonyl (C=O) groups excluding carboxylic acids is 2. The number of primary amides is 1. The SMILES string of the molecule is Cl.NC(=O)c1cccc(OCCC(=O)NCC2CCCN2)c1. The summed E-state index contributed by atoms with van der Waals surface area (Å²) in [5.74, 6) is 0.00794. The number of benzene rings is 1. The number of rotatable bonds is 7. The average molecular weight is 328 g/mol. The molecule has 0 aromatic heterocycles. The van der Waals surface area contributed by atoms with Crippen LogP contribution in [0.3, 0.4) is 0 Å². The first-order valence-electron chi connectivity index (χ1n) is 7.18. The normalized spacial score (nSPS) is 16.6. The zero-order valence-electron chi connectivity index (χ0n) is 12.3. The third-order valence-corrected chi connectivity index (χ3v) is 3.42. The average Bonchev–Trinajstić information content (AvgIpc) is 2.99. The van der Waals surface area contributed by atoms with Gasteiger partial charge >= 0.3 is 0 Å². The lowest BCUT2D eigenvalue weighted by molar-refractivity contribution is -0.121. The minimum absolute atomic E-state index is 0. The van der Waals surface area contributed by atoms with Crippen molar-refractivity contribution in [2.45, 2.75) is 25.3 Å². The van der Waals surface area contributed by atoms with Gasteiger partial charge in [-0.25, -0.2) is 0 Å². The fourth-order valence-corrected chi connectivity index (χ4v) is 2.26. The van der Waals surface area contributed by atoms with Crippen molar-refractivity contribution in [3.8, 4) is 5.75 Å². The largest absolute Gasteiger partial charge is 0.493 e. The number of ether oxygens (including phenoxy) is 1. The minimum Gasteiger partial charge on any atom is -0.493 e. The predicted molar refractivity (Wildman–Crippen MR) is 86.4 cm³/mol. The lowest BCUT2D eigenvalue weighted by atomic mass is 10.2. The Labute approximate surface area is 136 Å². The summed E-state index contributed by atoms with van der Waals surface area (Å²) in [5, 5.41) is 6.21. The van der Waals surface area contributed by atoms with Gasteiger partial charge in [-0.3, -0.25) is 9.59 Å². The molecule has 1 atom stereocenters. The van der Waals surface area contributed by atoms with E-state index in [0.717, 1.165) is 13.0 Å². The molecule has 7 heteroatoms. The molecule has 1 saturated heterocycles. The molecule has 0 spiro atoms. The highest BCUT2D eigenvalue weighted by Gasteiger charge is 2.14. The Balaban J connectivity index is 0.00000242. The number of carbonyl (C=O) groups is 2. The molecule has 1 aromatic rings. The van der Waals surface area contributed by atoms with Crippen LogP contribution in [0.2, 0.25) is 0 Å². The molecule has 4 N–H and O–H groups in total. The molecule has 1 aliphatic heterocycles. The molecule has 6 nitrogen and oxygen atoms in total. The van der Waals surface area contributed by atoms with E-state index >= 15 is 0 Å². The van der Waals surface area contributed by atoms with Gasteiger partial charge in [-0.05, 0) is 37.6 Å². The van der Waals surface area contributed by atoms with E-state index in [0.29, 0.717) is 23.9 Å². The second kappa shape index (κ2) is 9.27. The van der Waals surface area contributed by atoms with E-state index in [9.17, 15) is 9.59 Å². The fraction of sp³-hybridized carbons (Fsp3) is 0.467. The third kappa shape index (κ3) is 5.91. The van der Waals surface area contributed by atoms with E-state index in [4.69, 9.17) is 10.5 Å². The van der Waals surface area contributed by atoms with Crippen LogP contribution < -0.4 is 21.1 Å². The van der Waals surface area contributed by atoms with Crippen molar-refractivity contribution < 1.29 is 14.3 Å². The van der Waals surface area contributed by atoms with Gasteiger partial charge in [0.1, 0.15) is 5.75 Å². The maximum Gasteiger partial charge on any atom is 0.248 e. The highest BCUT2D eigenvalue weighted by atomic mass is 35.5. The first-order valence-corrected chi connectivity index (χ1v) is 7.18. The Morgan fingerprint density at radius 3 is 2.91 bits per heavy atom. The van der Waals surface area contributed by atoms with Gasteiger partial charge in [0, 0.05) is 18.2 Å². The summed E-state index contributed by atoms with van der Waals surface area (Å²) < 4.78 is 5.46. The summed E-state index contributed by atoms with van der Waals surface area (Å²) in [6, 6.07) is 7.01. The van der Waals surface area contributed by atoms with Crippen LogP contribution in [0.15, 0.2) is 24.3 Å². The Bertz CT molecular complexity index is 505. The van der Waals surface area contributed by atoms with Gasteiger partial charge in [-0.15, -0.1) is 12.4 Å². The number of nitrogens with one attached hydrogen (secondary N) is 2. The molecule has 0 bridgehead atoms. The molecule has 2 amide bonds. The molecule has 0 radical (unpaired) electrons. The number of hydrogen-bond acceptors (Lipinski definition) is 4. The van der Waals surface area contributed by atoms with Crippen LogP contribution in [0.5, 0.6) is 5.75 Å². The predicted octanol–water partition coefficient (Wildman–Crippen LogP) is 0.844. The summed E-state index contributed by atoms with van der Waals surface area (Å²) >= 11 is 0. The maximum atomic E-state index is 11.7. The molecule has 1 unspecified atom stereocenters. The molecule has 2 rings (SSSR count). The van der Waals surface area contributed by atoms with E-state index < -0.39 is 5.91 Å². The van der Waals surface area contributed by atoms with Crippen molar-refractivity contribution >= 4 is 24.2 Å². The number of hydrogen-bond donors (Lipinski definition) is 3. The first-order chi connectivity index (χ1) is 10.1. The van der Waals surface area contributed by atoms with Gasteiger partial charge in [0.05, 0.1) is 13.0 Å². The van der Waals surface area contributed by atoms with Crippen molar-refractivity contribution in [1.29, 1.82) is 0 Å². The number of nitrogens with two attached hydrogens (primary N) is 1. The van der Waals surface area contributed by atoms with E-state index in [-0.39, 0.29) is 31.3 Å². The molecule has 0 aliphatic carbocycles. The molecule has 1 aromatic carbocycles. The fourth-order valence-electron chi connectivity index (χ4n) is 2.26. The van der Waals surface area contributed by atoms with Gasteiger partial charge < -0.3 is 21.1 Å². The first kappa shape index (κ1) is 18.3. The van der Waals surface area contributed by atoms with Crippen LogP contribution in [-0.4, -0.2) is 37.6 Å². The van der Waals surface area contributed by atoms with Crippen molar-refractivity contribution in [3.05, 3.63) is 29.8 Å². The smallest absolute Gasteiger partial charge is 0.248 e. The lowest BCUT2D eigenvalue weighted by Gasteiger charge is -2.12. The summed E-state index contributed by atoms with van der Waals surface area (Å²) in [4.78, 5) is 22.7. The second-order valence-corrected chi connectivity index (χ2v) is 5.09. The van der Waals surface area contributed by atoms with Crippen molar-refractivity contribution in [2.75, 3.05) is 19.7 Å². The highest BCUT2D eigenvalue weighted by molar-refractivity contribution is 5.93. The molecule has 22 heavy (non-hydrogen) atoms. The van der Waals surface area contributed by atoms with E-state index in [1.165, 1.54) is 6.42 Å². The monoisotopic (exact) mass is 327 g/mol. The Hall–Kier alpha value is -1.79. The zero-order valence-corrected chi connectivity index (χ0v) is 13.2. The third-order valence-electron chi connectivity index (χ3n) is 3.42. The topological polar surface area (TPSA) is 93.5 Å². The van der Waals surface area contributed by atoms with Crippen LogP contribution in [0, 0.1) is 0 Å². The summed E-state index contributed by atoms with van der Waals surface area (Å²) in [7, 11) is 0. The zero-order chi connectivity index (χ0) is 15.1. The van der Waals surface area contributed by atoms with Crippen molar-refractivity contribution in [2.24, 2.45) is 5.73 Å². The summed E-state index contributed by atoms with van der Waals surface area (Å²) in [6.45, 7) is 1.96. The molecule has 0 saturated carbocycles. The molecule has 122 valence electrons. The van der Waals surface area contributed by atoms with Crippen LogP contribution in [0.1, 0.15) is 29.6 Å².